The number of nitro groups is 1. The van der Waals surface area contributed by atoms with Gasteiger partial charge in [0.2, 0.25) is 5.82 Å². The van der Waals surface area contributed by atoms with Crippen LogP contribution < -0.4 is 5.32 Å². The standard InChI is InChI=1S/C17H23N3O2/c1-11(19-16-15(20(21)22)3-2-4-18-16)17-8-12-5-13(9-17)7-14(6-12)10-17/h2-4,11-14H,5-10H2,1H3,(H,18,19)/t11-,12?,13?,14?,17?/m0/s1. The molecule has 4 fully saturated rings. The number of aromatic nitrogens is 1. The number of pyridine rings is 1. The van der Waals surface area contributed by atoms with Gasteiger partial charge in [0, 0.05) is 18.3 Å². The van der Waals surface area contributed by atoms with Crippen LogP contribution in [0.1, 0.15) is 45.4 Å². The molecular formula is C17H23N3O2. The maximum Gasteiger partial charge on any atom is 0.311 e. The Morgan fingerprint density at radius 1 is 1.27 bits per heavy atom. The molecular weight excluding hydrogens is 278 g/mol. The molecule has 1 aromatic heterocycles. The van der Waals surface area contributed by atoms with Gasteiger partial charge in [-0.1, -0.05) is 0 Å². The van der Waals surface area contributed by atoms with Gasteiger partial charge in [-0.2, -0.15) is 0 Å². The first-order chi connectivity index (χ1) is 10.6. The second-order valence-electron chi connectivity index (χ2n) is 7.77. The summed E-state index contributed by atoms with van der Waals surface area (Å²) in [4.78, 5) is 15.0. The van der Waals surface area contributed by atoms with E-state index in [4.69, 9.17) is 0 Å². The third-order valence-corrected chi connectivity index (χ3v) is 6.34. The number of hydrogen-bond acceptors (Lipinski definition) is 4. The van der Waals surface area contributed by atoms with Crippen LogP contribution in [-0.4, -0.2) is 15.9 Å². The third-order valence-electron chi connectivity index (χ3n) is 6.34. The van der Waals surface area contributed by atoms with E-state index in [2.05, 4.69) is 17.2 Å². The molecule has 0 saturated heterocycles. The molecule has 0 aromatic carbocycles. The molecule has 4 aliphatic carbocycles. The zero-order valence-corrected chi connectivity index (χ0v) is 13.0. The van der Waals surface area contributed by atoms with Gasteiger partial charge in [-0.15, -0.1) is 0 Å². The van der Waals surface area contributed by atoms with E-state index in [1.54, 1.807) is 12.3 Å². The maximum atomic E-state index is 11.2. The number of rotatable bonds is 4. The normalized spacial score (nSPS) is 37.0. The number of nitrogens with zero attached hydrogens (tertiary/aromatic N) is 2. The average Bonchev–Trinajstić information content (AvgIpc) is 2.46. The van der Waals surface area contributed by atoms with Crippen LogP contribution in [0.15, 0.2) is 18.3 Å². The Morgan fingerprint density at radius 2 is 1.86 bits per heavy atom. The Morgan fingerprint density at radius 3 is 2.41 bits per heavy atom. The zero-order valence-electron chi connectivity index (χ0n) is 13.0. The summed E-state index contributed by atoms with van der Waals surface area (Å²) in [6, 6.07) is 3.40. The van der Waals surface area contributed by atoms with Gasteiger partial charge in [0.25, 0.3) is 0 Å². The fourth-order valence-electron chi connectivity index (χ4n) is 5.72. The molecule has 4 bridgehead atoms. The highest BCUT2D eigenvalue weighted by atomic mass is 16.6. The summed E-state index contributed by atoms with van der Waals surface area (Å²) >= 11 is 0. The van der Waals surface area contributed by atoms with Crippen LogP contribution in [-0.2, 0) is 0 Å². The van der Waals surface area contributed by atoms with Crippen molar-refractivity contribution in [2.75, 3.05) is 5.32 Å². The van der Waals surface area contributed by atoms with Crippen LogP contribution in [0.25, 0.3) is 0 Å². The number of hydrogen-bond donors (Lipinski definition) is 1. The Balaban J connectivity index is 1.58. The monoisotopic (exact) mass is 301 g/mol. The Kier molecular flexibility index (Phi) is 3.13. The van der Waals surface area contributed by atoms with Gasteiger partial charge in [0.1, 0.15) is 0 Å². The molecule has 4 saturated carbocycles. The van der Waals surface area contributed by atoms with Crippen LogP contribution in [0, 0.1) is 33.3 Å². The fraction of sp³-hybridized carbons (Fsp3) is 0.706. The molecule has 1 atom stereocenters. The molecule has 1 heterocycles. The van der Waals surface area contributed by atoms with Crippen molar-refractivity contribution in [2.45, 2.75) is 51.5 Å². The van der Waals surface area contributed by atoms with Crippen molar-refractivity contribution in [1.29, 1.82) is 0 Å². The van der Waals surface area contributed by atoms with Gasteiger partial charge in [-0.25, -0.2) is 4.98 Å². The summed E-state index contributed by atoms with van der Waals surface area (Å²) in [6.45, 7) is 2.20. The summed E-state index contributed by atoms with van der Waals surface area (Å²) in [5.74, 6) is 3.08. The van der Waals surface area contributed by atoms with E-state index in [9.17, 15) is 10.1 Å². The largest absolute Gasteiger partial charge is 0.361 e. The first kappa shape index (κ1) is 14.0. The quantitative estimate of drug-likeness (QED) is 0.674. The minimum absolute atomic E-state index is 0.0825. The second-order valence-corrected chi connectivity index (χ2v) is 7.77. The molecule has 22 heavy (non-hydrogen) atoms. The minimum Gasteiger partial charge on any atom is -0.361 e. The molecule has 0 aliphatic heterocycles. The van der Waals surface area contributed by atoms with Crippen molar-refractivity contribution in [1.82, 2.24) is 4.98 Å². The van der Waals surface area contributed by atoms with Crippen molar-refractivity contribution in [3.05, 3.63) is 28.4 Å². The van der Waals surface area contributed by atoms with Gasteiger partial charge in [0.05, 0.1) is 4.92 Å². The first-order valence-corrected chi connectivity index (χ1v) is 8.42. The molecule has 0 amide bonds. The predicted molar refractivity (Wildman–Crippen MR) is 84.6 cm³/mol. The van der Waals surface area contributed by atoms with Crippen LogP contribution in [0.3, 0.4) is 0 Å². The molecule has 1 N–H and O–H groups in total. The van der Waals surface area contributed by atoms with Gasteiger partial charge in [-0.05, 0) is 74.7 Å². The highest BCUT2D eigenvalue weighted by Gasteiger charge is 2.53. The van der Waals surface area contributed by atoms with Crippen molar-refractivity contribution in [3.8, 4) is 0 Å². The molecule has 5 nitrogen and oxygen atoms in total. The summed E-state index contributed by atoms with van der Waals surface area (Å²) in [5.41, 5.74) is 0.402. The lowest BCUT2D eigenvalue weighted by Gasteiger charge is -2.59. The lowest BCUT2D eigenvalue weighted by Crippen LogP contribution is -2.53. The molecule has 5 heteroatoms. The fourth-order valence-corrected chi connectivity index (χ4v) is 5.72. The number of nitrogens with one attached hydrogen (secondary N) is 1. The smallest absolute Gasteiger partial charge is 0.311 e. The van der Waals surface area contributed by atoms with E-state index >= 15 is 0 Å². The summed E-state index contributed by atoms with van der Waals surface area (Å²) in [6.07, 6.45) is 9.72. The second kappa shape index (κ2) is 4.93. The molecule has 0 spiro atoms. The van der Waals surface area contributed by atoms with Crippen molar-refractivity contribution in [3.63, 3.8) is 0 Å². The molecule has 1 aromatic rings. The molecule has 0 radical (unpaired) electrons. The topological polar surface area (TPSA) is 68.1 Å². The van der Waals surface area contributed by atoms with Crippen LogP contribution in [0.4, 0.5) is 11.5 Å². The van der Waals surface area contributed by atoms with Crippen LogP contribution in [0.5, 0.6) is 0 Å². The highest BCUT2D eigenvalue weighted by molar-refractivity contribution is 5.55. The van der Waals surface area contributed by atoms with Crippen molar-refractivity contribution >= 4 is 11.5 Å². The predicted octanol–water partition coefficient (Wildman–Crippen LogP) is 4.01. The van der Waals surface area contributed by atoms with Gasteiger partial charge >= 0.3 is 5.69 Å². The molecule has 0 unspecified atom stereocenters. The van der Waals surface area contributed by atoms with E-state index in [0.717, 1.165) is 17.8 Å². The molecule has 118 valence electrons. The van der Waals surface area contributed by atoms with Crippen molar-refractivity contribution in [2.24, 2.45) is 23.2 Å². The Hall–Kier alpha value is -1.65. The van der Waals surface area contributed by atoms with Gasteiger partial charge < -0.3 is 5.32 Å². The zero-order chi connectivity index (χ0) is 15.3. The van der Waals surface area contributed by atoms with E-state index in [1.807, 2.05) is 0 Å². The van der Waals surface area contributed by atoms with E-state index in [1.165, 1.54) is 44.6 Å². The third kappa shape index (κ3) is 2.18. The highest BCUT2D eigenvalue weighted by Crippen LogP contribution is 2.61. The summed E-state index contributed by atoms with van der Waals surface area (Å²) in [5, 5.41) is 14.6. The van der Waals surface area contributed by atoms with Gasteiger partial charge in [0.15, 0.2) is 0 Å². The molecule has 5 rings (SSSR count). The van der Waals surface area contributed by atoms with E-state index < -0.39 is 0 Å². The lowest BCUT2D eigenvalue weighted by molar-refractivity contribution is -0.384. The van der Waals surface area contributed by atoms with E-state index in [0.29, 0.717) is 11.2 Å². The van der Waals surface area contributed by atoms with Gasteiger partial charge in [-0.3, -0.25) is 10.1 Å². The Labute approximate surface area is 130 Å². The first-order valence-electron chi connectivity index (χ1n) is 8.42. The van der Waals surface area contributed by atoms with E-state index in [-0.39, 0.29) is 16.7 Å². The van der Waals surface area contributed by atoms with Crippen LogP contribution >= 0.6 is 0 Å². The lowest BCUT2D eigenvalue weighted by atomic mass is 9.48. The molecule has 4 aliphatic rings. The van der Waals surface area contributed by atoms with Crippen LogP contribution in [0.2, 0.25) is 0 Å². The summed E-state index contributed by atoms with van der Waals surface area (Å²) in [7, 11) is 0. The Bertz CT molecular complexity index is 566. The summed E-state index contributed by atoms with van der Waals surface area (Å²) < 4.78 is 0. The average molecular weight is 301 g/mol. The minimum atomic E-state index is -0.345. The number of anilines is 1. The van der Waals surface area contributed by atoms with Crippen molar-refractivity contribution < 1.29 is 4.92 Å². The SMILES string of the molecule is C[C@H](Nc1ncccc1[N+](=O)[O-])C12CC3CC(CC(C3)C1)C2. The maximum absolute atomic E-state index is 11.2.